The number of fused-ring (bicyclic) bond motifs is 2. The van der Waals surface area contributed by atoms with E-state index in [1.54, 1.807) is 0 Å². The molecule has 0 radical (unpaired) electrons. The number of alkyl halides is 2. The van der Waals surface area contributed by atoms with Gasteiger partial charge in [-0.25, -0.2) is 0 Å². The predicted molar refractivity (Wildman–Crippen MR) is 100 cm³/mol. The summed E-state index contributed by atoms with van der Waals surface area (Å²) in [4.78, 5) is 12.8. The lowest BCUT2D eigenvalue weighted by molar-refractivity contribution is 0.107. The fourth-order valence-electron chi connectivity index (χ4n) is 3.39. The molecule has 25 heavy (non-hydrogen) atoms. The molecule has 1 heterocycles. The first-order valence-electron chi connectivity index (χ1n) is 8.75. The van der Waals surface area contributed by atoms with Crippen LogP contribution in [0.5, 0.6) is 0 Å². The third-order valence-corrected chi connectivity index (χ3v) is 7.40. The molecule has 1 fully saturated rings. The van der Waals surface area contributed by atoms with E-state index in [9.17, 15) is 13.6 Å². The number of carbonyl (C=O) groups excluding carboxylic acids is 1. The van der Waals surface area contributed by atoms with Crippen LogP contribution >= 0.6 is 7.92 Å². The lowest BCUT2D eigenvalue weighted by Gasteiger charge is -2.31. The number of hydrogen-bond donors (Lipinski definition) is 0. The second-order valence-electron chi connectivity index (χ2n) is 6.70. The molecule has 1 aliphatic heterocycles. The second kappa shape index (κ2) is 8.19. The van der Waals surface area contributed by atoms with Gasteiger partial charge in [0, 0.05) is 17.4 Å². The van der Waals surface area contributed by atoms with Gasteiger partial charge in [-0.2, -0.15) is 0 Å². The number of carbonyl (C=O) groups is 1. The minimum absolute atomic E-state index is 0.0556. The van der Waals surface area contributed by atoms with Crippen molar-refractivity contribution in [3.05, 3.63) is 71.3 Å². The summed E-state index contributed by atoms with van der Waals surface area (Å²) in [6.07, 6.45) is 4.65. The van der Waals surface area contributed by atoms with Crippen molar-refractivity contribution in [2.24, 2.45) is 0 Å². The van der Waals surface area contributed by atoms with Crippen LogP contribution in [0.3, 0.4) is 0 Å². The highest BCUT2D eigenvalue weighted by Crippen LogP contribution is 2.62. The SMILES string of the molecule is FCCCF.O=C1c2ccccc2C2(CC2)CP1Cc1ccccc1. The largest absolute Gasteiger partial charge is 0.289 e. The minimum Gasteiger partial charge on any atom is -0.289 e. The van der Waals surface area contributed by atoms with Crippen molar-refractivity contribution in [3.8, 4) is 0 Å². The van der Waals surface area contributed by atoms with Gasteiger partial charge in [-0.15, -0.1) is 0 Å². The van der Waals surface area contributed by atoms with E-state index < -0.39 is 21.3 Å². The number of halogens is 2. The minimum atomic E-state index is -0.560. The van der Waals surface area contributed by atoms with Gasteiger partial charge in [0.15, 0.2) is 5.52 Å². The van der Waals surface area contributed by atoms with Crippen molar-refractivity contribution >= 4 is 13.4 Å². The first-order valence-corrected chi connectivity index (χ1v) is 10.5. The Hall–Kier alpha value is -1.60. The van der Waals surface area contributed by atoms with Gasteiger partial charge in [-0.3, -0.25) is 13.6 Å². The van der Waals surface area contributed by atoms with Gasteiger partial charge in [0.1, 0.15) is 0 Å². The Kier molecular flexibility index (Phi) is 5.96. The molecule has 4 heteroatoms. The van der Waals surface area contributed by atoms with E-state index in [0.717, 1.165) is 17.9 Å². The van der Waals surface area contributed by atoms with Crippen LogP contribution < -0.4 is 0 Å². The maximum atomic E-state index is 12.8. The fraction of sp³-hybridized carbons (Fsp3) is 0.381. The van der Waals surface area contributed by atoms with Crippen LogP contribution in [-0.4, -0.2) is 25.0 Å². The summed E-state index contributed by atoms with van der Waals surface area (Å²) < 4.78 is 21.5. The molecule has 1 atom stereocenters. The van der Waals surface area contributed by atoms with E-state index in [4.69, 9.17) is 0 Å². The highest BCUT2D eigenvalue weighted by Gasteiger charge is 2.51. The van der Waals surface area contributed by atoms with Crippen LogP contribution in [0.2, 0.25) is 0 Å². The summed E-state index contributed by atoms with van der Waals surface area (Å²) in [6, 6.07) is 18.8. The number of rotatable bonds is 4. The molecule has 0 bridgehead atoms. The molecular weight excluding hydrogens is 337 g/mol. The van der Waals surface area contributed by atoms with E-state index >= 15 is 0 Å². The first kappa shape index (κ1) is 18.2. The third kappa shape index (κ3) is 4.15. The zero-order valence-electron chi connectivity index (χ0n) is 14.3. The molecule has 1 unspecified atom stereocenters. The van der Waals surface area contributed by atoms with Crippen molar-refractivity contribution in [1.82, 2.24) is 0 Å². The van der Waals surface area contributed by atoms with Crippen LogP contribution in [0.1, 0.15) is 40.7 Å². The zero-order chi connectivity index (χ0) is 17.7. The Labute approximate surface area is 149 Å². The second-order valence-corrected chi connectivity index (χ2v) is 8.82. The predicted octanol–water partition coefficient (Wildman–Crippen LogP) is 5.87. The van der Waals surface area contributed by atoms with Crippen LogP contribution in [0.25, 0.3) is 0 Å². The van der Waals surface area contributed by atoms with Crippen LogP contribution in [-0.2, 0) is 11.6 Å². The van der Waals surface area contributed by atoms with Crippen molar-refractivity contribution < 1.29 is 13.6 Å². The summed E-state index contributed by atoms with van der Waals surface area (Å²) in [7, 11) is -0.560. The molecule has 4 rings (SSSR count). The average molecular weight is 360 g/mol. The third-order valence-electron chi connectivity index (χ3n) is 4.85. The first-order chi connectivity index (χ1) is 12.2. The molecule has 1 aliphatic carbocycles. The van der Waals surface area contributed by atoms with Crippen molar-refractivity contribution in [2.75, 3.05) is 19.5 Å². The van der Waals surface area contributed by atoms with Gasteiger partial charge in [0.25, 0.3) is 0 Å². The van der Waals surface area contributed by atoms with Crippen LogP contribution in [0.15, 0.2) is 54.6 Å². The average Bonchev–Trinajstić information content (AvgIpc) is 3.42. The topological polar surface area (TPSA) is 17.1 Å². The van der Waals surface area contributed by atoms with Crippen LogP contribution in [0, 0.1) is 0 Å². The lowest BCUT2D eigenvalue weighted by Crippen LogP contribution is -2.24. The monoisotopic (exact) mass is 360 g/mol. The van der Waals surface area contributed by atoms with E-state index in [2.05, 4.69) is 36.4 Å². The molecule has 2 aliphatic rings. The number of hydrogen-bond acceptors (Lipinski definition) is 1. The molecule has 2 aromatic rings. The molecule has 0 aromatic heterocycles. The van der Waals surface area contributed by atoms with E-state index in [0.29, 0.717) is 10.9 Å². The van der Waals surface area contributed by atoms with Gasteiger partial charge in [-0.05, 0) is 44.2 Å². The molecular formula is C21H23F2OP. The lowest BCUT2D eigenvalue weighted by atomic mass is 9.93. The van der Waals surface area contributed by atoms with Gasteiger partial charge < -0.3 is 0 Å². The van der Waals surface area contributed by atoms with Crippen molar-refractivity contribution in [2.45, 2.75) is 30.8 Å². The smallest absolute Gasteiger partial charge is 0.184 e. The molecule has 0 amide bonds. The Morgan fingerprint density at radius 2 is 1.56 bits per heavy atom. The number of benzene rings is 2. The summed E-state index contributed by atoms with van der Waals surface area (Å²) in [6.45, 7) is -1.06. The van der Waals surface area contributed by atoms with Gasteiger partial charge in [0.05, 0.1) is 13.3 Å². The summed E-state index contributed by atoms with van der Waals surface area (Å²) >= 11 is 0. The van der Waals surface area contributed by atoms with Crippen molar-refractivity contribution in [3.63, 3.8) is 0 Å². The van der Waals surface area contributed by atoms with Crippen molar-refractivity contribution in [1.29, 1.82) is 0 Å². The highest BCUT2D eigenvalue weighted by atomic mass is 31.1. The quantitative estimate of drug-likeness (QED) is 0.623. The molecule has 0 N–H and O–H groups in total. The summed E-state index contributed by atoms with van der Waals surface area (Å²) in [5.74, 6) is 0. The molecule has 1 spiro atoms. The molecule has 132 valence electrons. The van der Waals surface area contributed by atoms with Gasteiger partial charge in [-0.1, -0.05) is 54.6 Å². The molecule has 0 saturated heterocycles. The van der Waals surface area contributed by atoms with E-state index in [1.165, 1.54) is 24.0 Å². The fourth-order valence-corrected chi connectivity index (χ4v) is 6.19. The normalized spacial score (nSPS) is 19.8. The molecule has 1 nitrogen and oxygen atoms in total. The Morgan fingerprint density at radius 3 is 2.16 bits per heavy atom. The van der Waals surface area contributed by atoms with E-state index in [1.807, 2.05) is 18.2 Å². The molecule has 1 saturated carbocycles. The van der Waals surface area contributed by atoms with E-state index in [-0.39, 0.29) is 6.42 Å². The highest BCUT2D eigenvalue weighted by molar-refractivity contribution is 7.75. The maximum absolute atomic E-state index is 12.8. The Balaban J connectivity index is 0.000000324. The Morgan fingerprint density at radius 1 is 0.920 bits per heavy atom. The summed E-state index contributed by atoms with van der Waals surface area (Å²) in [5.41, 5.74) is 4.42. The zero-order valence-corrected chi connectivity index (χ0v) is 15.2. The standard InChI is InChI=1S/C18H17OP.C3H6F2/c19-17-15-8-4-5-9-16(15)18(10-11-18)13-20(17)12-14-6-2-1-3-7-14;4-2-1-3-5/h1-9H,10-13H2;1-3H2. The molecule has 2 aromatic carbocycles. The maximum Gasteiger partial charge on any atom is 0.184 e. The Bertz CT molecular complexity index is 711. The van der Waals surface area contributed by atoms with Gasteiger partial charge in [0.2, 0.25) is 0 Å². The summed E-state index contributed by atoms with van der Waals surface area (Å²) in [5, 5.41) is 0. The van der Waals surface area contributed by atoms with Crippen LogP contribution in [0.4, 0.5) is 8.78 Å². The van der Waals surface area contributed by atoms with Gasteiger partial charge >= 0.3 is 0 Å².